The summed E-state index contributed by atoms with van der Waals surface area (Å²) in [5.74, 6) is 2.72. The summed E-state index contributed by atoms with van der Waals surface area (Å²) in [6, 6.07) is 19.6. The molecule has 2 atom stereocenters. The number of fused-ring (bicyclic) bond motifs is 1. The fourth-order valence-corrected chi connectivity index (χ4v) is 5.77. The molecule has 1 amide bonds. The molecule has 3 aromatic carbocycles. The average Bonchev–Trinajstić information content (AvgIpc) is 3.19. The van der Waals surface area contributed by atoms with Gasteiger partial charge in [0.25, 0.3) is 0 Å². The Balaban J connectivity index is 1.80. The lowest BCUT2D eigenvalue weighted by molar-refractivity contribution is -0.127. The first-order valence-corrected chi connectivity index (χ1v) is 14.7. The summed E-state index contributed by atoms with van der Waals surface area (Å²) in [6.07, 6.45) is 3.18. The minimum absolute atomic E-state index is 0.0149. The minimum atomic E-state index is -0.484. The third kappa shape index (κ3) is 7.36. The maximum Gasteiger partial charge on any atom is 0.241 e. The average molecular weight is 577 g/mol. The van der Waals surface area contributed by atoms with E-state index in [1.54, 1.807) is 28.4 Å². The summed E-state index contributed by atoms with van der Waals surface area (Å²) in [4.78, 5) is 16.4. The zero-order valence-electron chi connectivity index (χ0n) is 25.5. The second-order valence-corrected chi connectivity index (χ2v) is 10.3. The Morgan fingerprint density at radius 2 is 1.60 bits per heavy atom. The molecule has 0 aromatic heterocycles. The fraction of sp³-hybridized carbons (Fsp3) is 0.441. The summed E-state index contributed by atoms with van der Waals surface area (Å²) in [5, 5.41) is 3.20. The van der Waals surface area contributed by atoms with Gasteiger partial charge in [-0.2, -0.15) is 0 Å². The second kappa shape index (κ2) is 15.5. The van der Waals surface area contributed by atoms with Crippen LogP contribution in [-0.4, -0.2) is 65.5 Å². The van der Waals surface area contributed by atoms with Crippen LogP contribution >= 0.6 is 0 Å². The number of rotatable bonds is 14. The number of nitrogens with one attached hydrogen (secondary N) is 1. The van der Waals surface area contributed by atoms with Crippen molar-refractivity contribution in [1.82, 2.24) is 10.2 Å². The lowest BCUT2D eigenvalue weighted by Gasteiger charge is -2.37. The maximum absolute atomic E-state index is 14.0. The molecule has 42 heavy (non-hydrogen) atoms. The van der Waals surface area contributed by atoms with Gasteiger partial charge >= 0.3 is 0 Å². The Morgan fingerprint density at radius 1 is 0.905 bits per heavy atom. The summed E-state index contributed by atoms with van der Waals surface area (Å²) >= 11 is 0. The molecule has 226 valence electrons. The molecule has 0 bridgehead atoms. The molecule has 3 aromatic rings. The van der Waals surface area contributed by atoms with Gasteiger partial charge in [0.05, 0.1) is 28.4 Å². The highest BCUT2D eigenvalue weighted by molar-refractivity contribution is 5.83. The number of carbonyl (C=O) groups is 1. The van der Waals surface area contributed by atoms with E-state index < -0.39 is 6.04 Å². The molecular weight excluding hydrogens is 532 g/mol. The number of aryl methyl sites for hydroxylation is 1. The standard InChI is InChI=1S/C34H44N2O6/c1-6-42-19-11-17-35-34(37)33(25-12-8-7-9-13-25)36-18-10-14-26-22-31(40-4)32(41-5)23-27(26)28(36)20-24-15-16-29(38-2)30(21-24)39-3/h7-9,12-13,15-16,21-23,28,33H,6,10-11,14,17-20H2,1-5H3,(H,35,37). The van der Waals surface area contributed by atoms with Gasteiger partial charge in [-0.3, -0.25) is 9.69 Å². The molecule has 0 spiro atoms. The third-order valence-electron chi connectivity index (χ3n) is 7.81. The van der Waals surface area contributed by atoms with Gasteiger partial charge < -0.3 is 29.0 Å². The smallest absolute Gasteiger partial charge is 0.241 e. The van der Waals surface area contributed by atoms with Crippen LogP contribution in [-0.2, 0) is 22.4 Å². The molecule has 0 saturated heterocycles. The summed E-state index contributed by atoms with van der Waals surface area (Å²) < 4.78 is 28.0. The van der Waals surface area contributed by atoms with Crippen LogP contribution in [0.25, 0.3) is 0 Å². The van der Waals surface area contributed by atoms with Gasteiger partial charge in [-0.15, -0.1) is 0 Å². The predicted octanol–water partition coefficient (Wildman–Crippen LogP) is 5.54. The predicted molar refractivity (Wildman–Crippen MR) is 164 cm³/mol. The van der Waals surface area contributed by atoms with Crippen LogP contribution in [0.3, 0.4) is 0 Å². The van der Waals surface area contributed by atoms with Crippen molar-refractivity contribution in [3.05, 3.63) is 82.9 Å². The SMILES string of the molecule is CCOCCCNC(=O)C(c1ccccc1)N1CCCc2cc(OC)c(OC)cc2C1Cc1ccc(OC)c(OC)c1. The topological polar surface area (TPSA) is 78.5 Å². The van der Waals surface area contributed by atoms with Crippen LogP contribution in [0.5, 0.6) is 23.0 Å². The molecular formula is C34H44N2O6. The number of carbonyl (C=O) groups excluding carboxylic acids is 1. The lowest BCUT2D eigenvalue weighted by atomic mass is 9.91. The van der Waals surface area contributed by atoms with Crippen LogP contribution < -0.4 is 24.3 Å². The van der Waals surface area contributed by atoms with Crippen molar-refractivity contribution in [2.75, 3.05) is 54.7 Å². The Bertz CT molecular complexity index is 1300. The normalized spacial score (nSPS) is 15.7. The third-order valence-corrected chi connectivity index (χ3v) is 7.81. The van der Waals surface area contributed by atoms with Crippen LogP contribution in [0.15, 0.2) is 60.7 Å². The molecule has 0 aliphatic carbocycles. The van der Waals surface area contributed by atoms with Crippen molar-refractivity contribution < 1.29 is 28.5 Å². The fourth-order valence-electron chi connectivity index (χ4n) is 5.77. The van der Waals surface area contributed by atoms with E-state index in [0.29, 0.717) is 49.2 Å². The van der Waals surface area contributed by atoms with Gasteiger partial charge in [0.2, 0.25) is 5.91 Å². The molecule has 1 heterocycles. The summed E-state index contributed by atoms with van der Waals surface area (Å²) in [5.41, 5.74) is 4.37. The molecule has 1 N–H and O–H groups in total. The number of methoxy groups -OCH3 is 4. The molecule has 0 fully saturated rings. The zero-order valence-corrected chi connectivity index (χ0v) is 25.5. The van der Waals surface area contributed by atoms with E-state index in [0.717, 1.165) is 42.5 Å². The van der Waals surface area contributed by atoms with Crippen LogP contribution in [0.4, 0.5) is 0 Å². The van der Waals surface area contributed by atoms with E-state index in [9.17, 15) is 4.79 Å². The first kappa shape index (κ1) is 31.2. The van der Waals surface area contributed by atoms with Crippen LogP contribution in [0.1, 0.15) is 54.1 Å². The van der Waals surface area contributed by atoms with Gasteiger partial charge in [-0.1, -0.05) is 36.4 Å². The van der Waals surface area contributed by atoms with Crippen molar-refractivity contribution in [1.29, 1.82) is 0 Å². The monoisotopic (exact) mass is 576 g/mol. The molecule has 4 rings (SSSR count). The van der Waals surface area contributed by atoms with Gasteiger partial charge in [0, 0.05) is 32.3 Å². The van der Waals surface area contributed by atoms with E-state index in [1.165, 1.54) is 5.56 Å². The Morgan fingerprint density at radius 3 is 2.29 bits per heavy atom. The zero-order chi connectivity index (χ0) is 29.9. The summed E-state index contributed by atoms with van der Waals surface area (Å²) in [7, 11) is 6.60. The molecule has 2 unspecified atom stereocenters. The van der Waals surface area contributed by atoms with Crippen molar-refractivity contribution in [2.24, 2.45) is 0 Å². The Hall–Kier alpha value is -3.75. The molecule has 1 aliphatic heterocycles. The van der Waals surface area contributed by atoms with E-state index in [2.05, 4.69) is 28.4 Å². The van der Waals surface area contributed by atoms with Crippen LogP contribution in [0, 0.1) is 0 Å². The highest BCUT2D eigenvalue weighted by atomic mass is 16.5. The number of hydrogen-bond acceptors (Lipinski definition) is 7. The molecule has 1 aliphatic rings. The quantitative estimate of drug-likeness (QED) is 0.253. The van der Waals surface area contributed by atoms with Crippen LogP contribution in [0.2, 0.25) is 0 Å². The van der Waals surface area contributed by atoms with Gasteiger partial charge in [-0.05, 0) is 79.1 Å². The summed E-state index contributed by atoms with van der Waals surface area (Å²) in [6.45, 7) is 4.55. The largest absolute Gasteiger partial charge is 0.493 e. The first-order valence-electron chi connectivity index (χ1n) is 14.7. The number of amides is 1. The molecule has 0 saturated carbocycles. The van der Waals surface area contributed by atoms with Gasteiger partial charge in [0.1, 0.15) is 6.04 Å². The first-order chi connectivity index (χ1) is 20.5. The van der Waals surface area contributed by atoms with E-state index in [4.69, 9.17) is 23.7 Å². The Kier molecular flexibility index (Phi) is 11.5. The molecule has 0 radical (unpaired) electrons. The second-order valence-electron chi connectivity index (χ2n) is 10.3. The number of hydrogen-bond donors (Lipinski definition) is 1. The highest BCUT2D eigenvalue weighted by Gasteiger charge is 2.36. The number of nitrogens with zero attached hydrogens (tertiary/aromatic N) is 1. The van der Waals surface area contributed by atoms with Crippen molar-refractivity contribution in [3.63, 3.8) is 0 Å². The highest BCUT2D eigenvalue weighted by Crippen LogP contribution is 2.42. The molecule has 8 nitrogen and oxygen atoms in total. The van der Waals surface area contributed by atoms with Crippen molar-refractivity contribution in [2.45, 2.75) is 44.7 Å². The van der Waals surface area contributed by atoms with Gasteiger partial charge in [0.15, 0.2) is 23.0 Å². The van der Waals surface area contributed by atoms with Crippen molar-refractivity contribution in [3.8, 4) is 23.0 Å². The van der Waals surface area contributed by atoms with E-state index in [-0.39, 0.29) is 11.9 Å². The van der Waals surface area contributed by atoms with E-state index >= 15 is 0 Å². The maximum atomic E-state index is 14.0. The number of benzene rings is 3. The lowest BCUT2D eigenvalue weighted by Crippen LogP contribution is -2.43. The van der Waals surface area contributed by atoms with E-state index in [1.807, 2.05) is 49.4 Å². The molecule has 8 heteroatoms. The van der Waals surface area contributed by atoms with Crippen molar-refractivity contribution >= 4 is 5.91 Å². The Labute approximate surface area is 249 Å². The minimum Gasteiger partial charge on any atom is -0.493 e. The van der Waals surface area contributed by atoms with Gasteiger partial charge in [-0.25, -0.2) is 0 Å². The number of ether oxygens (including phenoxy) is 5.